The van der Waals surface area contributed by atoms with Gasteiger partial charge in [0, 0.05) is 42.0 Å². The molecule has 3 heterocycles. The number of nitrogens with zero attached hydrogens (tertiary/aromatic N) is 2. The minimum absolute atomic E-state index is 0.243. The maximum atomic E-state index is 6.04. The van der Waals surface area contributed by atoms with Gasteiger partial charge in [0.2, 0.25) is 0 Å². The first-order valence-electron chi connectivity index (χ1n) is 12.2. The number of anilines is 1. The van der Waals surface area contributed by atoms with Crippen molar-refractivity contribution in [1.82, 2.24) is 15.2 Å². The van der Waals surface area contributed by atoms with Crippen LogP contribution >= 0.6 is 0 Å². The molecule has 2 N–H and O–H groups in total. The molecule has 0 spiro atoms. The van der Waals surface area contributed by atoms with Crippen molar-refractivity contribution in [2.24, 2.45) is 0 Å². The van der Waals surface area contributed by atoms with Crippen molar-refractivity contribution in [3.8, 4) is 5.75 Å². The van der Waals surface area contributed by atoms with Gasteiger partial charge in [-0.15, -0.1) is 0 Å². The van der Waals surface area contributed by atoms with Gasteiger partial charge in [0.05, 0.1) is 45.1 Å². The van der Waals surface area contributed by atoms with Crippen molar-refractivity contribution in [2.75, 3.05) is 65.0 Å². The van der Waals surface area contributed by atoms with Gasteiger partial charge in [-0.3, -0.25) is 4.98 Å². The molecule has 32 heavy (non-hydrogen) atoms. The van der Waals surface area contributed by atoms with E-state index in [1.165, 1.54) is 42.9 Å². The van der Waals surface area contributed by atoms with Gasteiger partial charge in [-0.1, -0.05) is 0 Å². The molecule has 0 amide bonds. The van der Waals surface area contributed by atoms with Crippen molar-refractivity contribution in [3.63, 3.8) is 0 Å². The molecule has 2 aliphatic heterocycles. The van der Waals surface area contributed by atoms with E-state index in [-0.39, 0.29) is 6.04 Å². The highest BCUT2D eigenvalue weighted by atomic mass is 16.5. The fourth-order valence-electron chi connectivity index (χ4n) is 5.18. The van der Waals surface area contributed by atoms with Crippen molar-refractivity contribution < 1.29 is 14.2 Å². The van der Waals surface area contributed by atoms with E-state index in [9.17, 15) is 0 Å². The Bertz CT molecular complexity index is 921. The highest BCUT2D eigenvalue weighted by Crippen LogP contribution is 2.37. The molecule has 2 fully saturated rings. The number of rotatable bonds is 8. The topological polar surface area (TPSA) is 67.9 Å². The molecule has 0 radical (unpaired) electrons. The van der Waals surface area contributed by atoms with Crippen LogP contribution in [0.4, 0.5) is 5.69 Å². The summed E-state index contributed by atoms with van der Waals surface area (Å²) in [5.74, 6) is 0.872. The van der Waals surface area contributed by atoms with E-state index in [1.54, 1.807) is 7.11 Å². The number of aryl methyl sites for hydroxylation is 1. The fraction of sp³-hybridized carbons (Fsp3) is 0.640. The number of nitrogens with one attached hydrogen (secondary N) is 2. The lowest BCUT2D eigenvalue weighted by Gasteiger charge is -2.22. The summed E-state index contributed by atoms with van der Waals surface area (Å²) >= 11 is 0. The Kier molecular flexibility index (Phi) is 7.07. The standard InChI is InChI=1S/C25H36N4O3/c1-30-24-14-21-23(13-18(24)16-32-12-10-29-8-2-3-9-29)28-22-6-4-5-20(22)25(21)27-19-15-26-7-11-31-17-19/h13-14,19,26H,2-12,15-17H2,1H3,(H,27,28)/t19-/m0/s1. The Hall–Kier alpha value is -1.93. The van der Waals surface area contributed by atoms with Crippen LogP contribution in [0, 0.1) is 0 Å². The molecule has 3 aliphatic rings. The number of aromatic nitrogens is 1. The Morgan fingerprint density at radius 2 is 2.12 bits per heavy atom. The van der Waals surface area contributed by atoms with Gasteiger partial charge in [-0.25, -0.2) is 0 Å². The van der Waals surface area contributed by atoms with E-state index >= 15 is 0 Å². The first-order valence-corrected chi connectivity index (χ1v) is 12.2. The molecule has 1 atom stereocenters. The second-order valence-electron chi connectivity index (χ2n) is 9.17. The maximum absolute atomic E-state index is 6.04. The SMILES string of the molecule is COc1cc2c(N[C@H]3CNCCOC3)c3c(nc2cc1COCCN1CCCC1)CCC3. The number of hydrogen-bond donors (Lipinski definition) is 2. The quantitative estimate of drug-likeness (QED) is 0.612. The van der Waals surface area contributed by atoms with E-state index < -0.39 is 0 Å². The van der Waals surface area contributed by atoms with Gasteiger partial charge in [-0.05, 0) is 62.9 Å². The van der Waals surface area contributed by atoms with Crippen LogP contribution in [-0.2, 0) is 28.9 Å². The normalized spacial score (nSPS) is 21.6. The molecule has 2 aromatic rings. The van der Waals surface area contributed by atoms with Crippen LogP contribution in [0.15, 0.2) is 12.1 Å². The Morgan fingerprint density at radius 3 is 3.00 bits per heavy atom. The van der Waals surface area contributed by atoms with Crippen LogP contribution < -0.4 is 15.4 Å². The number of methoxy groups -OCH3 is 1. The average molecular weight is 441 g/mol. The van der Waals surface area contributed by atoms with Gasteiger partial charge < -0.3 is 29.7 Å². The van der Waals surface area contributed by atoms with Crippen molar-refractivity contribution in [2.45, 2.75) is 44.8 Å². The summed E-state index contributed by atoms with van der Waals surface area (Å²) in [4.78, 5) is 7.53. The van der Waals surface area contributed by atoms with E-state index in [2.05, 4.69) is 27.7 Å². The largest absolute Gasteiger partial charge is 0.496 e. The average Bonchev–Trinajstić information content (AvgIpc) is 3.43. The second-order valence-corrected chi connectivity index (χ2v) is 9.17. The summed E-state index contributed by atoms with van der Waals surface area (Å²) in [6, 6.07) is 4.55. The van der Waals surface area contributed by atoms with Crippen molar-refractivity contribution >= 4 is 16.6 Å². The third-order valence-electron chi connectivity index (χ3n) is 6.90. The first kappa shape index (κ1) is 21.9. The molecule has 5 rings (SSSR count). The van der Waals surface area contributed by atoms with Crippen LogP contribution in [0.5, 0.6) is 5.75 Å². The number of fused-ring (bicyclic) bond motifs is 2. The summed E-state index contributed by atoms with van der Waals surface area (Å²) in [5.41, 5.74) is 5.89. The van der Waals surface area contributed by atoms with Gasteiger partial charge in [0.1, 0.15) is 5.75 Å². The van der Waals surface area contributed by atoms with Gasteiger partial charge >= 0.3 is 0 Å². The number of ether oxygens (including phenoxy) is 3. The Morgan fingerprint density at radius 1 is 1.22 bits per heavy atom. The zero-order chi connectivity index (χ0) is 21.8. The lowest BCUT2D eigenvalue weighted by molar-refractivity contribution is 0.0979. The van der Waals surface area contributed by atoms with Crippen LogP contribution in [0.25, 0.3) is 10.9 Å². The highest BCUT2D eigenvalue weighted by molar-refractivity contribution is 5.95. The summed E-state index contributed by atoms with van der Waals surface area (Å²) in [7, 11) is 1.74. The zero-order valence-corrected chi connectivity index (χ0v) is 19.3. The van der Waals surface area contributed by atoms with Gasteiger partial charge in [0.15, 0.2) is 0 Å². The molecular formula is C25H36N4O3. The fourth-order valence-corrected chi connectivity index (χ4v) is 5.18. The number of benzene rings is 1. The number of likely N-dealkylation sites (tertiary alicyclic amines) is 1. The maximum Gasteiger partial charge on any atom is 0.125 e. The minimum atomic E-state index is 0.243. The molecular weight excluding hydrogens is 404 g/mol. The molecule has 0 bridgehead atoms. The smallest absolute Gasteiger partial charge is 0.125 e. The number of pyridine rings is 1. The monoisotopic (exact) mass is 440 g/mol. The predicted octanol–water partition coefficient (Wildman–Crippen LogP) is 2.74. The van der Waals surface area contributed by atoms with Gasteiger partial charge in [0.25, 0.3) is 0 Å². The third kappa shape index (κ3) is 4.86. The summed E-state index contributed by atoms with van der Waals surface area (Å²) in [6.07, 6.45) is 5.91. The zero-order valence-electron chi connectivity index (χ0n) is 19.3. The lowest BCUT2D eigenvalue weighted by atomic mass is 10.0. The molecule has 7 heteroatoms. The van der Waals surface area contributed by atoms with Gasteiger partial charge in [-0.2, -0.15) is 0 Å². The molecule has 7 nitrogen and oxygen atoms in total. The van der Waals surface area contributed by atoms with Crippen LogP contribution in [-0.4, -0.2) is 75.6 Å². The molecule has 174 valence electrons. The van der Waals surface area contributed by atoms with Crippen LogP contribution in [0.2, 0.25) is 0 Å². The number of hydrogen-bond acceptors (Lipinski definition) is 7. The van der Waals surface area contributed by atoms with E-state index in [0.29, 0.717) is 13.2 Å². The van der Waals surface area contributed by atoms with E-state index in [4.69, 9.17) is 19.2 Å². The Balaban J connectivity index is 1.39. The Labute approximate surface area is 190 Å². The molecule has 1 aromatic carbocycles. The molecule has 1 aromatic heterocycles. The molecule has 0 unspecified atom stereocenters. The van der Waals surface area contributed by atoms with Crippen LogP contribution in [0.1, 0.15) is 36.1 Å². The summed E-state index contributed by atoms with van der Waals surface area (Å²) < 4.78 is 17.6. The van der Waals surface area contributed by atoms with Crippen LogP contribution in [0.3, 0.4) is 0 Å². The molecule has 0 saturated carbocycles. The first-order chi connectivity index (χ1) is 15.8. The predicted molar refractivity (Wildman–Crippen MR) is 127 cm³/mol. The van der Waals surface area contributed by atoms with Crippen molar-refractivity contribution in [1.29, 1.82) is 0 Å². The summed E-state index contributed by atoms with van der Waals surface area (Å²) in [5, 5.41) is 8.40. The highest BCUT2D eigenvalue weighted by Gasteiger charge is 2.23. The second kappa shape index (κ2) is 10.3. The van der Waals surface area contributed by atoms with E-state index in [0.717, 1.165) is 74.3 Å². The van der Waals surface area contributed by atoms with Crippen molar-refractivity contribution in [3.05, 3.63) is 29.0 Å². The summed E-state index contributed by atoms with van der Waals surface area (Å²) in [6.45, 7) is 8.00. The minimum Gasteiger partial charge on any atom is -0.496 e. The molecule has 1 aliphatic carbocycles. The van der Waals surface area contributed by atoms with E-state index in [1.807, 2.05) is 0 Å². The lowest BCUT2D eigenvalue weighted by Crippen LogP contribution is -2.34. The molecule has 2 saturated heterocycles. The third-order valence-corrected chi connectivity index (χ3v) is 6.90.